The molecule has 162 valence electrons. The van der Waals surface area contributed by atoms with Crippen LogP contribution in [0.3, 0.4) is 0 Å². The lowest BCUT2D eigenvalue weighted by molar-refractivity contribution is 0.0391. The third-order valence-electron chi connectivity index (χ3n) is 4.93. The Morgan fingerprint density at radius 1 is 1.30 bits per heavy atom. The van der Waals surface area contributed by atoms with Gasteiger partial charge in [-0.15, -0.1) is 12.4 Å². The van der Waals surface area contributed by atoms with E-state index in [0.717, 1.165) is 48.8 Å². The number of aromatic nitrogens is 3. The fourth-order valence-corrected chi connectivity index (χ4v) is 4.38. The maximum absolute atomic E-state index is 13.3. The SMILES string of the molecule is CCOc1cccc2sc(N(CCN3CCOCC3)C(=O)c3ccnn3C)nc12.Cl. The molecular weight excluding hydrogens is 426 g/mol. The van der Waals surface area contributed by atoms with Gasteiger partial charge in [-0.25, -0.2) is 4.98 Å². The van der Waals surface area contributed by atoms with Gasteiger partial charge in [0.2, 0.25) is 0 Å². The van der Waals surface area contributed by atoms with Gasteiger partial charge in [0.05, 0.1) is 24.5 Å². The molecule has 0 saturated carbocycles. The number of thiazole rings is 1. The summed E-state index contributed by atoms with van der Waals surface area (Å²) in [6.07, 6.45) is 1.64. The van der Waals surface area contributed by atoms with Gasteiger partial charge in [0.15, 0.2) is 5.13 Å². The number of hydrogen-bond donors (Lipinski definition) is 0. The Morgan fingerprint density at radius 2 is 2.10 bits per heavy atom. The van der Waals surface area contributed by atoms with Gasteiger partial charge in [0.25, 0.3) is 5.91 Å². The van der Waals surface area contributed by atoms with Crippen molar-refractivity contribution in [3.8, 4) is 5.75 Å². The van der Waals surface area contributed by atoms with Crippen LogP contribution in [0.5, 0.6) is 5.75 Å². The van der Waals surface area contributed by atoms with Gasteiger partial charge in [-0.05, 0) is 25.1 Å². The van der Waals surface area contributed by atoms with Crippen LogP contribution in [-0.4, -0.2) is 71.6 Å². The van der Waals surface area contributed by atoms with Crippen molar-refractivity contribution in [2.45, 2.75) is 6.92 Å². The summed E-state index contributed by atoms with van der Waals surface area (Å²) in [6.45, 7) is 7.05. The second kappa shape index (κ2) is 10.2. The number of rotatable bonds is 7. The summed E-state index contributed by atoms with van der Waals surface area (Å²) in [5, 5.41) is 4.82. The van der Waals surface area contributed by atoms with E-state index < -0.39 is 0 Å². The maximum atomic E-state index is 13.3. The number of hydrogen-bond acceptors (Lipinski definition) is 7. The largest absolute Gasteiger partial charge is 0.492 e. The molecule has 0 atom stereocenters. The molecule has 0 radical (unpaired) electrons. The molecule has 1 fully saturated rings. The highest BCUT2D eigenvalue weighted by Gasteiger charge is 2.25. The Kier molecular flexibility index (Phi) is 7.65. The average Bonchev–Trinajstić information content (AvgIpc) is 3.36. The second-order valence-electron chi connectivity index (χ2n) is 6.78. The number of fused-ring (bicyclic) bond motifs is 1. The zero-order chi connectivity index (χ0) is 20.2. The molecule has 3 heterocycles. The quantitative estimate of drug-likeness (QED) is 0.550. The van der Waals surface area contributed by atoms with Crippen LogP contribution in [0.2, 0.25) is 0 Å². The van der Waals surface area contributed by atoms with Crippen LogP contribution in [-0.2, 0) is 11.8 Å². The molecule has 0 bridgehead atoms. The molecule has 4 rings (SSSR count). The Labute approximate surface area is 185 Å². The Bertz CT molecular complexity index is 986. The fourth-order valence-electron chi connectivity index (χ4n) is 3.37. The van der Waals surface area contributed by atoms with Crippen LogP contribution in [0.15, 0.2) is 30.5 Å². The van der Waals surface area contributed by atoms with Gasteiger partial charge in [-0.1, -0.05) is 17.4 Å². The first kappa shape index (κ1) is 22.5. The van der Waals surface area contributed by atoms with E-state index in [1.165, 1.54) is 11.3 Å². The molecule has 30 heavy (non-hydrogen) atoms. The molecule has 10 heteroatoms. The molecule has 1 saturated heterocycles. The number of morpholine rings is 1. The molecule has 0 aliphatic carbocycles. The lowest BCUT2D eigenvalue weighted by atomic mass is 10.3. The minimum atomic E-state index is -0.102. The molecule has 1 aliphatic heterocycles. The van der Waals surface area contributed by atoms with E-state index in [1.807, 2.05) is 25.1 Å². The first-order valence-electron chi connectivity index (χ1n) is 9.79. The smallest absolute Gasteiger partial charge is 0.278 e. The highest BCUT2D eigenvalue weighted by molar-refractivity contribution is 7.22. The molecule has 3 aromatic rings. The van der Waals surface area contributed by atoms with Crippen LogP contribution in [0, 0.1) is 0 Å². The predicted molar refractivity (Wildman–Crippen MR) is 120 cm³/mol. The zero-order valence-electron chi connectivity index (χ0n) is 17.1. The normalized spacial score (nSPS) is 14.5. The number of amides is 1. The monoisotopic (exact) mass is 451 g/mol. The number of benzene rings is 1. The first-order valence-corrected chi connectivity index (χ1v) is 10.6. The number of para-hydroxylation sites is 1. The van der Waals surface area contributed by atoms with Gasteiger partial charge < -0.3 is 9.47 Å². The van der Waals surface area contributed by atoms with Gasteiger partial charge in [-0.3, -0.25) is 19.3 Å². The van der Waals surface area contributed by atoms with E-state index in [1.54, 1.807) is 28.9 Å². The number of carbonyl (C=O) groups excluding carboxylic acids is 1. The number of anilines is 1. The summed E-state index contributed by atoms with van der Waals surface area (Å²) >= 11 is 1.50. The van der Waals surface area contributed by atoms with Crippen molar-refractivity contribution in [1.82, 2.24) is 19.7 Å². The average molecular weight is 452 g/mol. The molecule has 0 N–H and O–H groups in total. The van der Waals surface area contributed by atoms with Crippen LogP contribution >= 0.6 is 23.7 Å². The van der Waals surface area contributed by atoms with Gasteiger partial charge in [0, 0.05) is 39.4 Å². The minimum absolute atomic E-state index is 0. The molecule has 1 aliphatic rings. The van der Waals surface area contributed by atoms with Crippen LogP contribution < -0.4 is 9.64 Å². The van der Waals surface area contributed by atoms with Gasteiger partial charge in [0.1, 0.15) is 17.0 Å². The number of carbonyl (C=O) groups is 1. The van der Waals surface area contributed by atoms with Crippen molar-refractivity contribution in [2.24, 2.45) is 7.05 Å². The minimum Gasteiger partial charge on any atom is -0.492 e. The highest BCUT2D eigenvalue weighted by atomic mass is 35.5. The molecule has 2 aromatic heterocycles. The molecule has 8 nitrogen and oxygen atoms in total. The van der Waals surface area contributed by atoms with E-state index in [-0.39, 0.29) is 18.3 Å². The standard InChI is InChI=1S/C20H25N5O3S.ClH/c1-3-28-16-5-4-6-17-18(16)22-20(29-17)25(10-9-24-11-13-27-14-12-24)19(26)15-7-8-21-23(15)2;/h4-8H,3,9-14H2,1-2H3;1H. The topological polar surface area (TPSA) is 72.7 Å². The van der Waals surface area contributed by atoms with Crippen LogP contribution in [0.1, 0.15) is 17.4 Å². The summed E-state index contributed by atoms with van der Waals surface area (Å²) in [7, 11) is 1.78. The van der Waals surface area contributed by atoms with Crippen molar-refractivity contribution in [2.75, 3.05) is 50.9 Å². The predicted octanol–water partition coefficient (Wildman–Crippen LogP) is 2.83. The lowest BCUT2D eigenvalue weighted by Gasteiger charge is -2.29. The van der Waals surface area contributed by atoms with E-state index in [9.17, 15) is 4.79 Å². The third kappa shape index (κ3) is 4.75. The van der Waals surface area contributed by atoms with E-state index in [4.69, 9.17) is 14.5 Å². The Hall–Kier alpha value is -2.20. The first-order chi connectivity index (χ1) is 14.2. The number of aryl methyl sites for hydroxylation is 1. The second-order valence-corrected chi connectivity index (χ2v) is 7.79. The van der Waals surface area contributed by atoms with E-state index >= 15 is 0 Å². The van der Waals surface area contributed by atoms with E-state index in [2.05, 4.69) is 10.00 Å². The summed E-state index contributed by atoms with van der Waals surface area (Å²) in [4.78, 5) is 22.2. The molecule has 1 amide bonds. The van der Waals surface area contributed by atoms with Crippen LogP contribution in [0.25, 0.3) is 10.2 Å². The number of halogens is 1. The molecular formula is C20H26ClN5O3S. The van der Waals surface area contributed by atoms with Crippen molar-refractivity contribution >= 4 is 45.0 Å². The number of nitrogens with zero attached hydrogens (tertiary/aromatic N) is 5. The molecule has 0 spiro atoms. The van der Waals surface area contributed by atoms with Crippen LogP contribution in [0.4, 0.5) is 5.13 Å². The summed E-state index contributed by atoms with van der Waals surface area (Å²) < 4.78 is 13.8. The summed E-state index contributed by atoms with van der Waals surface area (Å²) in [5.41, 5.74) is 1.33. The lowest BCUT2D eigenvalue weighted by Crippen LogP contribution is -2.43. The Balaban J connectivity index is 0.00000256. The maximum Gasteiger partial charge on any atom is 0.278 e. The highest BCUT2D eigenvalue weighted by Crippen LogP contribution is 2.34. The van der Waals surface area contributed by atoms with Crippen molar-refractivity contribution in [3.05, 3.63) is 36.2 Å². The number of ether oxygens (including phenoxy) is 2. The summed E-state index contributed by atoms with van der Waals surface area (Å²) in [5.74, 6) is 0.642. The Morgan fingerprint density at radius 3 is 2.80 bits per heavy atom. The van der Waals surface area contributed by atoms with Crippen molar-refractivity contribution in [3.63, 3.8) is 0 Å². The van der Waals surface area contributed by atoms with E-state index in [0.29, 0.717) is 24.0 Å². The van der Waals surface area contributed by atoms with Gasteiger partial charge >= 0.3 is 0 Å². The summed E-state index contributed by atoms with van der Waals surface area (Å²) in [6, 6.07) is 7.61. The van der Waals surface area contributed by atoms with Crippen molar-refractivity contribution in [1.29, 1.82) is 0 Å². The van der Waals surface area contributed by atoms with Gasteiger partial charge in [-0.2, -0.15) is 5.10 Å². The van der Waals surface area contributed by atoms with Crippen molar-refractivity contribution < 1.29 is 14.3 Å². The molecule has 0 unspecified atom stereocenters. The zero-order valence-corrected chi connectivity index (χ0v) is 18.7. The third-order valence-corrected chi connectivity index (χ3v) is 5.97. The fraction of sp³-hybridized carbons (Fsp3) is 0.450. The molecule has 1 aromatic carbocycles.